The Kier molecular flexibility index (Phi) is 5.12. The van der Waals surface area contributed by atoms with E-state index in [1.807, 2.05) is 6.92 Å². The van der Waals surface area contributed by atoms with Crippen molar-refractivity contribution in [3.63, 3.8) is 0 Å². The highest BCUT2D eigenvalue weighted by Gasteiger charge is 2.21. The van der Waals surface area contributed by atoms with Crippen LogP contribution >= 0.6 is 34.8 Å². The first-order valence-electron chi connectivity index (χ1n) is 6.41. The van der Waals surface area contributed by atoms with Gasteiger partial charge in [-0.15, -0.1) is 0 Å². The topological polar surface area (TPSA) is 54.4 Å². The summed E-state index contributed by atoms with van der Waals surface area (Å²) in [5.74, 6) is -1.32. The minimum atomic E-state index is -0.749. The van der Waals surface area contributed by atoms with Crippen molar-refractivity contribution in [3.8, 4) is 5.75 Å². The Morgan fingerprint density at radius 3 is 2.23 bits per heavy atom. The lowest BCUT2D eigenvalue weighted by molar-refractivity contribution is 0.103. The van der Waals surface area contributed by atoms with E-state index in [1.165, 1.54) is 0 Å². The third-order valence-electron chi connectivity index (χ3n) is 3.20. The zero-order chi connectivity index (χ0) is 16.4. The van der Waals surface area contributed by atoms with Gasteiger partial charge in [-0.05, 0) is 12.0 Å². The summed E-state index contributed by atoms with van der Waals surface area (Å²) < 4.78 is 0. The SMILES string of the molecule is CCc1ccc(C(=O)c2c(O)c(Cl)c(Cl)c(Cl)cc2=O)cc1. The van der Waals surface area contributed by atoms with Crippen LogP contribution in [0, 0.1) is 0 Å². The highest BCUT2D eigenvalue weighted by Crippen LogP contribution is 2.36. The predicted octanol–water partition coefficient (Wildman–Crippen LogP) is 4.51. The molecular formula is C16H11Cl3O3. The van der Waals surface area contributed by atoms with Gasteiger partial charge in [-0.25, -0.2) is 0 Å². The summed E-state index contributed by atoms with van der Waals surface area (Å²) in [6.07, 6.45) is 0.823. The van der Waals surface area contributed by atoms with Crippen molar-refractivity contribution in [3.05, 3.63) is 72.3 Å². The van der Waals surface area contributed by atoms with Crippen LogP contribution in [0.15, 0.2) is 35.1 Å². The normalized spacial score (nSPS) is 10.5. The van der Waals surface area contributed by atoms with Gasteiger partial charge >= 0.3 is 0 Å². The summed E-state index contributed by atoms with van der Waals surface area (Å²) in [5, 5.41) is 9.43. The van der Waals surface area contributed by atoms with Crippen LogP contribution in [-0.4, -0.2) is 10.9 Å². The van der Waals surface area contributed by atoms with Crippen molar-refractivity contribution in [2.75, 3.05) is 0 Å². The third-order valence-corrected chi connectivity index (χ3v) is 4.45. The molecule has 0 aliphatic heterocycles. The van der Waals surface area contributed by atoms with Crippen LogP contribution in [0.2, 0.25) is 15.1 Å². The Labute approximate surface area is 142 Å². The molecule has 2 aromatic rings. The molecule has 0 radical (unpaired) electrons. The molecule has 0 saturated carbocycles. The van der Waals surface area contributed by atoms with Gasteiger partial charge in [0.1, 0.15) is 10.6 Å². The molecule has 6 heteroatoms. The van der Waals surface area contributed by atoms with E-state index in [-0.39, 0.29) is 20.6 Å². The fraction of sp³-hybridized carbons (Fsp3) is 0.125. The number of benzene rings is 1. The molecule has 0 aliphatic rings. The quantitative estimate of drug-likeness (QED) is 0.823. The molecule has 0 fully saturated rings. The van der Waals surface area contributed by atoms with Gasteiger partial charge in [0.15, 0.2) is 11.2 Å². The van der Waals surface area contributed by atoms with E-state index in [2.05, 4.69) is 0 Å². The van der Waals surface area contributed by atoms with Gasteiger partial charge in [0.2, 0.25) is 5.78 Å². The van der Waals surface area contributed by atoms with Gasteiger partial charge < -0.3 is 5.11 Å². The highest BCUT2D eigenvalue weighted by molar-refractivity contribution is 6.48. The molecule has 0 aliphatic carbocycles. The zero-order valence-corrected chi connectivity index (χ0v) is 13.8. The first-order valence-corrected chi connectivity index (χ1v) is 7.54. The first kappa shape index (κ1) is 16.8. The smallest absolute Gasteiger partial charge is 0.200 e. The Morgan fingerprint density at radius 2 is 1.68 bits per heavy atom. The van der Waals surface area contributed by atoms with Gasteiger partial charge in [-0.2, -0.15) is 0 Å². The van der Waals surface area contributed by atoms with Gasteiger partial charge in [-0.1, -0.05) is 66.0 Å². The molecule has 0 heterocycles. The molecule has 2 aromatic carbocycles. The molecule has 22 heavy (non-hydrogen) atoms. The van der Waals surface area contributed by atoms with Crippen LogP contribution in [0.4, 0.5) is 0 Å². The Bertz CT molecular complexity index is 799. The number of aryl methyl sites for hydroxylation is 1. The second kappa shape index (κ2) is 6.69. The zero-order valence-electron chi connectivity index (χ0n) is 11.5. The lowest BCUT2D eigenvalue weighted by Gasteiger charge is -2.03. The van der Waals surface area contributed by atoms with Gasteiger partial charge in [0, 0.05) is 11.6 Å². The maximum atomic E-state index is 12.5. The lowest BCUT2D eigenvalue weighted by Crippen LogP contribution is -2.13. The molecular weight excluding hydrogens is 347 g/mol. The van der Waals surface area contributed by atoms with E-state index < -0.39 is 22.5 Å². The summed E-state index contributed by atoms with van der Waals surface area (Å²) in [5.41, 5.74) is 0.105. The predicted molar refractivity (Wildman–Crippen MR) is 88.7 cm³/mol. The van der Waals surface area contributed by atoms with Gasteiger partial charge in [0.25, 0.3) is 0 Å². The molecule has 114 valence electrons. The molecule has 0 saturated heterocycles. The maximum Gasteiger partial charge on any atom is 0.200 e. The molecule has 0 unspecified atom stereocenters. The Balaban J connectivity index is 2.66. The summed E-state index contributed by atoms with van der Waals surface area (Å²) in [4.78, 5) is 24.6. The number of aromatic hydroxyl groups is 1. The number of carbonyl (C=O) groups is 1. The minimum absolute atomic E-state index is 0.132. The number of carbonyl (C=O) groups excluding carboxylic acids is 1. The summed E-state index contributed by atoms with van der Waals surface area (Å²) in [6.45, 7) is 1.99. The molecule has 1 N–H and O–H groups in total. The van der Waals surface area contributed by atoms with Crippen molar-refractivity contribution in [2.45, 2.75) is 13.3 Å². The van der Waals surface area contributed by atoms with Crippen molar-refractivity contribution >= 4 is 40.6 Å². The van der Waals surface area contributed by atoms with Crippen LogP contribution in [0.5, 0.6) is 5.75 Å². The van der Waals surface area contributed by atoms with Crippen LogP contribution in [0.1, 0.15) is 28.4 Å². The van der Waals surface area contributed by atoms with Crippen LogP contribution < -0.4 is 5.43 Å². The largest absolute Gasteiger partial charge is 0.505 e. The summed E-state index contributed by atoms with van der Waals surface area (Å²) >= 11 is 17.5. The van der Waals surface area contributed by atoms with E-state index in [4.69, 9.17) is 34.8 Å². The lowest BCUT2D eigenvalue weighted by atomic mass is 10.0. The Morgan fingerprint density at radius 1 is 1.09 bits per heavy atom. The monoisotopic (exact) mass is 356 g/mol. The fourth-order valence-corrected chi connectivity index (χ4v) is 2.52. The summed E-state index contributed by atoms with van der Waals surface area (Å²) in [7, 11) is 0. The average molecular weight is 358 g/mol. The average Bonchev–Trinajstić information content (AvgIpc) is 2.58. The molecule has 0 amide bonds. The van der Waals surface area contributed by atoms with E-state index in [9.17, 15) is 14.7 Å². The van der Waals surface area contributed by atoms with Crippen molar-refractivity contribution in [2.24, 2.45) is 0 Å². The van der Waals surface area contributed by atoms with Crippen molar-refractivity contribution in [1.82, 2.24) is 0 Å². The van der Waals surface area contributed by atoms with Crippen LogP contribution in [0.3, 0.4) is 0 Å². The summed E-state index contributed by atoms with van der Waals surface area (Å²) in [6, 6.07) is 7.69. The second-order valence-electron chi connectivity index (χ2n) is 4.59. The maximum absolute atomic E-state index is 12.5. The standard InChI is InChI=1S/C16H11Cl3O3/c1-2-8-3-5-9(6-4-8)15(21)12-11(20)7-10(17)13(18)14(19)16(12)22/h3-7,22H,2H2,1H3. The molecule has 0 bridgehead atoms. The van der Waals surface area contributed by atoms with E-state index in [0.717, 1.165) is 18.1 Å². The number of halogens is 3. The molecule has 0 atom stereocenters. The van der Waals surface area contributed by atoms with Gasteiger partial charge in [0.05, 0.1) is 10.0 Å². The first-order chi connectivity index (χ1) is 10.4. The van der Waals surface area contributed by atoms with Crippen molar-refractivity contribution in [1.29, 1.82) is 0 Å². The molecule has 3 nitrogen and oxygen atoms in total. The highest BCUT2D eigenvalue weighted by atomic mass is 35.5. The van der Waals surface area contributed by atoms with Crippen molar-refractivity contribution < 1.29 is 9.90 Å². The second-order valence-corrected chi connectivity index (χ2v) is 5.75. The minimum Gasteiger partial charge on any atom is -0.505 e. The number of hydrogen-bond acceptors (Lipinski definition) is 3. The fourth-order valence-electron chi connectivity index (χ4n) is 1.94. The molecule has 0 spiro atoms. The van der Waals surface area contributed by atoms with E-state index in [1.54, 1.807) is 24.3 Å². The number of rotatable bonds is 3. The van der Waals surface area contributed by atoms with Gasteiger partial charge in [-0.3, -0.25) is 9.59 Å². The Hall–Kier alpha value is -1.55. The van der Waals surface area contributed by atoms with E-state index in [0.29, 0.717) is 0 Å². The third kappa shape index (κ3) is 3.12. The van der Waals surface area contributed by atoms with E-state index >= 15 is 0 Å². The van der Waals surface area contributed by atoms with Crippen LogP contribution in [0.25, 0.3) is 0 Å². The number of ketones is 1. The number of hydrogen-bond donors (Lipinski definition) is 1. The molecule has 2 rings (SSSR count). The van der Waals surface area contributed by atoms with Crippen LogP contribution in [-0.2, 0) is 6.42 Å². The molecule has 0 aromatic heterocycles.